The first kappa shape index (κ1) is 14.2. The quantitative estimate of drug-likeness (QED) is 0.639. The van der Waals surface area contributed by atoms with Gasteiger partial charge in [-0.3, -0.25) is 0 Å². The number of thiophene rings is 1. The predicted molar refractivity (Wildman–Crippen MR) is 85.5 cm³/mol. The van der Waals surface area contributed by atoms with Gasteiger partial charge in [0.05, 0.1) is 21.6 Å². The standard InChI is InChI=1S/C13H12BrCl2NS/c1-17(8-10-5-6-12(16)18-10)13-9(7-14)3-2-4-11(13)15/h2-6H,7-8H2,1H3. The molecule has 0 amide bonds. The van der Waals surface area contributed by atoms with Gasteiger partial charge in [0, 0.05) is 17.3 Å². The van der Waals surface area contributed by atoms with Crippen molar-refractivity contribution in [1.29, 1.82) is 0 Å². The van der Waals surface area contributed by atoms with Gasteiger partial charge in [-0.05, 0) is 23.8 Å². The largest absolute Gasteiger partial charge is 0.368 e. The second-order valence-electron chi connectivity index (χ2n) is 3.94. The molecule has 1 heterocycles. The zero-order chi connectivity index (χ0) is 13.1. The normalized spacial score (nSPS) is 10.7. The van der Waals surface area contributed by atoms with Crippen LogP contribution in [0.15, 0.2) is 30.3 Å². The molecule has 96 valence electrons. The van der Waals surface area contributed by atoms with E-state index in [0.717, 1.165) is 26.9 Å². The molecule has 0 saturated carbocycles. The van der Waals surface area contributed by atoms with Gasteiger partial charge in [-0.1, -0.05) is 51.3 Å². The van der Waals surface area contributed by atoms with Crippen molar-refractivity contribution in [3.8, 4) is 0 Å². The fraction of sp³-hybridized carbons (Fsp3) is 0.231. The van der Waals surface area contributed by atoms with E-state index >= 15 is 0 Å². The first-order valence-corrected chi connectivity index (χ1v) is 8.10. The van der Waals surface area contributed by atoms with Crippen LogP contribution in [0.2, 0.25) is 9.36 Å². The molecule has 1 nitrogen and oxygen atoms in total. The van der Waals surface area contributed by atoms with Gasteiger partial charge in [-0.25, -0.2) is 0 Å². The SMILES string of the molecule is CN(Cc1ccc(Cl)s1)c1c(Cl)cccc1CBr. The van der Waals surface area contributed by atoms with E-state index in [4.69, 9.17) is 23.2 Å². The van der Waals surface area contributed by atoms with E-state index in [1.165, 1.54) is 10.4 Å². The molecule has 0 aliphatic carbocycles. The van der Waals surface area contributed by atoms with Gasteiger partial charge in [-0.15, -0.1) is 11.3 Å². The Bertz CT molecular complexity index is 542. The van der Waals surface area contributed by atoms with Crippen molar-refractivity contribution in [2.45, 2.75) is 11.9 Å². The van der Waals surface area contributed by atoms with Crippen molar-refractivity contribution >= 4 is 56.2 Å². The number of nitrogens with zero attached hydrogens (tertiary/aromatic N) is 1. The second-order valence-corrected chi connectivity index (χ2v) is 6.71. The number of para-hydroxylation sites is 1. The van der Waals surface area contributed by atoms with E-state index in [2.05, 4.69) is 26.9 Å². The Kier molecular flexibility index (Phi) is 4.96. The molecule has 1 aromatic heterocycles. The molecule has 2 aromatic rings. The molecule has 2 rings (SSSR count). The van der Waals surface area contributed by atoms with Gasteiger partial charge in [0.25, 0.3) is 0 Å². The van der Waals surface area contributed by atoms with E-state index in [1.807, 2.05) is 31.3 Å². The first-order valence-electron chi connectivity index (χ1n) is 5.40. The molecule has 18 heavy (non-hydrogen) atoms. The second kappa shape index (κ2) is 6.29. The number of benzene rings is 1. The fourth-order valence-corrected chi connectivity index (χ4v) is 3.78. The van der Waals surface area contributed by atoms with Gasteiger partial charge in [0.2, 0.25) is 0 Å². The minimum atomic E-state index is 0.775. The van der Waals surface area contributed by atoms with Crippen molar-refractivity contribution in [2.24, 2.45) is 0 Å². The summed E-state index contributed by atoms with van der Waals surface area (Å²) in [5.41, 5.74) is 2.26. The molecule has 0 bridgehead atoms. The summed E-state index contributed by atoms with van der Waals surface area (Å²) in [6, 6.07) is 9.94. The molecule has 0 fully saturated rings. The molecule has 0 aliphatic heterocycles. The summed E-state index contributed by atoms with van der Waals surface area (Å²) in [6.45, 7) is 0.807. The van der Waals surface area contributed by atoms with Crippen LogP contribution in [-0.2, 0) is 11.9 Å². The Hall–Kier alpha value is -0.220. The van der Waals surface area contributed by atoms with E-state index < -0.39 is 0 Å². The van der Waals surface area contributed by atoms with Gasteiger partial charge in [-0.2, -0.15) is 0 Å². The third-order valence-corrected chi connectivity index (χ3v) is 4.74. The van der Waals surface area contributed by atoms with E-state index in [0.29, 0.717) is 0 Å². The number of anilines is 1. The lowest BCUT2D eigenvalue weighted by atomic mass is 10.2. The average Bonchev–Trinajstić information content (AvgIpc) is 2.74. The zero-order valence-electron chi connectivity index (χ0n) is 9.79. The summed E-state index contributed by atoms with van der Waals surface area (Å²) >= 11 is 17.3. The van der Waals surface area contributed by atoms with Crippen molar-refractivity contribution in [2.75, 3.05) is 11.9 Å². The highest BCUT2D eigenvalue weighted by molar-refractivity contribution is 9.08. The molecule has 5 heteroatoms. The third kappa shape index (κ3) is 3.21. The lowest BCUT2D eigenvalue weighted by Crippen LogP contribution is -2.17. The van der Waals surface area contributed by atoms with Crippen LogP contribution in [-0.4, -0.2) is 7.05 Å². The minimum Gasteiger partial charge on any atom is -0.368 e. The van der Waals surface area contributed by atoms with E-state index in [-0.39, 0.29) is 0 Å². The molecular weight excluding hydrogens is 353 g/mol. The van der Waals surface area contributed by atoms with Crippen molar-refractivity contribution in [3.05, 3.63) is 50.1 Å². The van der Waals surface area contributed by atoms with Crippen molar-refractivity contribution in [1.82, 2.24) is 0 Å². The molecule has 0 atom stereocenters. The molecule has 0 saturated heterocycles. The predicted octanol–water partition coefficient (Wildman–Crippen LogP) is 5.59. The summed E-state index contributed by atoms with van der Waals surface area (Å²) in [7, 11) is 2.04. The molecule has 0 radical (unpaired) electrons. The van der Waals surface area contributed by atoms with Gasteiger partial charge >= 0.3 is 0 Å². The van der Waals surface area contributed by atoms with Crippen LogP contribution in [0.5, 0.6) is 0 Å². The van der Waals surface area contributed by atoms with Crippen LogP contribution in [0.1, 0.15) is 10.4 Å². The van der Waals surface area contributed by atoms with E-state index in [1.54, 1.807) is 11.3 Å². The minimum absolute atomic E-state index is 0.775. The Morgan fingerprint density at radius 2 is 2.00 bits per heavy atom. The first-order chi connectivity index (χ1) is 8.61. The lowest BCUT2D eigenvalue weighted by Gasteiger charge is -2.22. The smallest absolute Gasteiger partial charge is 0.0931 e. The topological polar surface area (TPSA) is 3.24 Å². The highest BCUT2D eigenvalue weighted by atomic mass is 79.9. The van der Waals surface area contributed by atoms with Crippen LogP contribution in [0, 0.1) is 0 Å². The Labute approximate surface area is 129 Å². The zero-order valence-corrected chi connectivity index (χ0v) is 13.7. The molecule has 0 unspecified atom stereocenters. The van der Waals surface area contributed by atoms with Crippen molar-refractivity contribution < 1.29 is 0 Å². The van der Waals surface area contributed by atoms with Crippen LogP contribution >= 0.6 is 50.5 Å². The lowest BCUT2D eigenvalue weighted by molar-refractivity contribution is 0.933. The van der Waals surface area contributed by atoms with Crippen LogP contribution in [0.25, 0.3) is 0 Å². The highest BCUT2D eigenvalue weighted by Crippen LogP contribution is 2.32. The summed E-state index contributed by atoms with van der Waals surface area (Å²) in [5, 5.41) is 1.57. The maximum Gasteiger partial charge on any atom is 0.0931 e. The monoisotopic (exact) mass is 363 g/mol. The number of halogens is 3. The Balaban J connectivity index is 2.25. The van der Waals surface area contributed by atoms with Crippen molar-refractivity contribution in [3.63, 3.8) is 0 Å². The van der Waals surface area contributed by atoms with Gasteiger partial charge in [0.15, 0.2) is 0 Å². The average molecular weight is 365 g/mol. The van der Waals surface area contributed by atoms with E-state index in [9.17, 15) is 0 Å². The summed E-state index contributed by atoms with van der Waals surface area (Å²) < 4.78 is 0.818. The Morgan fingerprint density at radius 3 is 2.61 bits per heavy atom. The molecular formula is C13H12BrCl2NS. The molecule has 0 aliphatic rings. The van der Waals surface area contributed by atoms with Crippen LogP contribution in [0.4, 0.5) is 5.69 Å². The maximum atomic E-state index is 6.29. The molecule has 1 aromatic carbocycles. The molecule has 0 spiro atoms. The summed E-state index contributed by atoms with van der Waals surface area (Å²) in [5.74, 6) is 0. The third-order valence-electron chi connectivity index (χ3n) is 2.62. The summed E-state index contributed by atoms with van der Waals surface area (Å²) in [4.78, 5) is 3.38. The fourth-order valence-electron chi connectivity index (χ4n) is 1.84. The summed E-state index contributed by atoms with van der Waals surface area (Å²) in [6.07, 6.45) is 0. The highest BCUT2D eigenvalue weighted by Gasteiger charge is 2.12. The Morgan fingerprint density at radius 1 is 1.22 bits per heavy atom. The maximum absolute atomic E-state index is 6.29. The molecule has 0 N–H and O–H groups in total. The number of rotatable bonds is 4. The van der Waals surface area contributed by atoms with Gasteiger partial charge < -0.3 is 4.90 Å². The van der Waals surface area contributed by atoms with Crippen LogP contribution in [0.3, 0.4) is 0 Å². The number of alkyl halides is 1. The number of hydrogen-bond acceptors (Lipinski definition) is 2. The van der Waals surface area contributed by atoms with Crippen LogP contribution < -0.4 is 4.90 Å². The number of hydrogen-bond donors (Lipinski definition) is 0. The van der Waals surface area contributed by atoms with Gasteiger partial charge in [0.1, 0.15) is 0 Å².